The summed E-state index contributed by atoms with van der Waals surface area (Å²) in [4.78, 5) is 37.5. The van der Waals surface area contributed by atoms with Crippen LogP contribution in [0.3, 0.4) is 0 Å². The van der Waals surface area contributed by atoms with Gasteiger partial charge in [0.15, 0.2) is 5.13 Å². The number of hydrogen-bond acceptors (Lipinski definition) is 7. The summed E-state index contributed by atoms with van der Waals surface area (Å²) in [5, 5.41) is 11.9. The van der Waals surface area contributed by atoms with Crippen LogP contribution < -0.4 is 9.64 Å². The molecule has 1 fully saturated rings. The minimum absolute atomic E-state index is 0.0153. The van der Waals surface area contributed by atoms with Gasteiger partial charge in [-0.05, 0) is 72.9 Å². The molecule has 3 heterocycles. The summed E-state index contributed by atoms with van der Waals surface area (Å²) in [6, 6.07) is 14.0. The van der Waals surface area contributed by atoms with E-state index in [4.69, 9.17) is 9.72 Å². The highest BCUT2D eigenvalue weighted by Crippen LogP contribution is 2.44. The van der Waals surface area contributed by atoms with Crippen molar-refractivity contribution in [2.24, 2.45) is 0 Å². The third kappa shape index (κ3) is 4.17. The van der Waals surface area contributed by atoms with Crippen LogP contribution in [0.25, 0.3) is 16.0 Å². The van der Waals surface area contributed by atoms with Crippen LogP contribution in [0, 0.1) is 13.8 Å². The molecule has 1 amide bonds. The van der Waals surface area contributed by atoms with Crippen molar-refractivity contribution in [3.05, 3.63) is 88.2 Å². The lowest BCUT2D eigenvalue weighted by Gasteiger charge is -2.22. The fourth-order valence-corrected chi connectivity index (χ4v) is 5.69. The zero-order chi connectivity index (χ0) is 26.4. The SMILES string of the molecule is COc1cc(C)c(/C(O)=C2\C(=O)C(=O)N(c3nc4ccc(C(C)C)cc4s3)C2c2ccccn2)cc1C. The number of Topliss-reactive ketones (excluding diaryl/α,β-unsaturated/α-hetero) is 1. The number of carbonyl (C=O) groups excluding carboxylic acids is 2. The second kappa shape index (κ2) is 9.44. The second-order valence-electron chi connectivity index (χ2n) is 9.44. The molecular formula is C29H27N3O4S. The summed E-state index contributed by atoms with van der Waals surface area (Å²) in [7, 11) is 1.58. The molecule has 1 N–H and O–H groups in total. The van der Waals surface area contributed by atoms with Crippen LogP contribution in [-0.2, 0) is 9.59 Å². The Balaban J connectivity index is 1.72. The first-order valence-corrected chi connectivity index (χ1v) is 12.8. The number of benzene rings is 2. The molecule has 2 aromatic carbocycles. The standard InChI is InChI=1S/C29H27N3O4S/c1-15(2)18-9-10-20-23(14-18)37-29(31-20)32-25(21-8-6-7-11-30-21)24(27(34)28(32)35)26(33)19-12-17(4)22(36-5)13-16(19)3/h6-15,25,33H,1-5H3/b26-24+. The molecule has 4 aromatic rings. The number of nitrogens with zero attached hydrogens (tertiary/aromatic N) is 3. The highest BCUT2D eigenvalue weighted by atomic mass is 32.1. The first-order chi connectivity index (χ1) is 17.7. The average molecular weight is 514 g/mol. The fourth-order valence-electron chi connectivity index (χ4n) is 4.65. The Bertz CT molecular complexity index is 1570. The van der Waals surface area contributed by atoms with Crippen molar-refractivity contribution in [1.29, 1.82) is 0 Å². The molecule has 8 heteroatoms. The Morgan fingerprint density at radius 1 is 1.08 bits per heavy atom. The lowest BCUT2D eigenvalue weighted by molar-refractivity contribution is -0.132. The van der Waals surface area contributed by atoms with Crippen LogP contribution in [0.15, 0.2) is 60.3 Å². The summed E-state index contributed by atoms with van der Waals surface area (Å²) < 4.78 is 6.32. The molecule has 2 aromatic heterocycles. The number of hydrogen-bond donors (Lipinski definition) is 1. The number of aryl methyl sites for hydroxylation is 2. The van der Waals surface area contributed by atoms with Crippen LogP contribution in [-0.4, -0.2) is 33.9 Å². The molecule has 7 nitrogen and oxygen atoms in total. The summed E-state index contributed by atoms with van der Waals surface area (Å²) in [5.74, 6) is -0.755. The third-order valence-electron chi connectivity index (χ3n) is 6.68. The van der Waals surface area contributed by atoms with Crippen molar-refractivity contribution in [3.8, 4) is 5.75 Å². The van der Waals surface area contributed by atoms with E-state index >= 15 is 0 Å². The molecule has 1 unspecified atom stereocenters. The number of aliphatic hydroxyl groups excluding tert-OH is 1. The van der Waals surface area contributed by atoms with Crippen molar-refractivity contribution in [3.63, 3.8) is 0 Å². The fraction of sp³-hybridized carbons (Fsp3) is 0.241. The highest BCUT2D eigenvalue weighted by molar-refractivity contribution is 7.22. The molecule has 0 bridgehead atoms. The lowest BCUT2D eigenvalue weighted by atomic mass is 9.95. The molecule has 188 valence electrons. The number of amides is 1. The van der Waals surface area contributed by atoms with Gasteiger partial charge >= 0.3 is 5.91 Å². The largest absolute Gasteiger partial charge is 0.507 e. The van der Waals surface area contributed by atoms with Gasteiger partial charge in [0, 0.05) is 11.8 Å². The van der Waals surface area contributed by atoms with Gasteiger partial charge in [-0.2, -0.15) is 0 Å². The first-order valence-electron chi connectivity index (χ1n) is 12.0. The molecule has 0 radical (unpaired) electrons. The highest BCUT2D eigenvalue weighted by Gasteiger charge is 2.49. The topological polar surface area (TPSA) is 92.6 Å². The van der Waals surface area contributed by atoms with E-state index in [9.17, 15) is 14.7 Å². The molecule has 37 heavy (non-hydrogen) atoms. The number of pyridine rings is 1. The average Bonchev–Trinajstić information content (AvgIpc) is 3.42. The van der Waals surface area contributed by atoms with Crippen molar-refractivity contribution in [2.75, 3.05) is 12.0 Å². The maximum absolute atomic E-state index is 13.5. The monoisotopic (exact) mass is 513 g/mol. The zero-order valence-electron chi connectivity index (χ0n) is 21.3. The lowest BCUT2D eigenvalue weighted by Crippen LogP contribution is -2.29. The zero-order valence-corrected chi connectivity index (χ0v) is 22.1. The predicted octanol–water partition coefficient (Wildman–Crippen LogP) is 6.07. The third-order valence-corrected chi connectivity index (χ3v) is 7.70. The van der Waals surface area contributed by atoms with Gasteiger partial charge in [0.05, 0.1) is 28.6 Å². The summed E-state index contributed by atoms with van der Waals surface area (Å²) >= 11 is 1.34. The van der Waals surface area contributed by atoms with Gasteiger partial charge in [0.25, 0.3) is 5.78 Å². The van der Waals surface area contributed by atoms with Crippen LogP contribution in [0.1, 0.15) is 53.8 Å². The van der Waals surface area contributed by atoms with Crippen molar-refractivity contribution < 1.29 is 19.4 Å². The number of aromatic nitrogens is 2. The molecule has 1 aliphatic rings. The number of rotatable bonds is 5. The van der Waals surface area contributed by atoms with E-state index in [1.165, 1.54) is 16.2 Å². The van der Waals surface area contributed by atoms with Crippen LogP contribution in [0.4, 0.5) is 5.13 Å². The maximum Gasteiger partial charge on any atom is 0.301 e. The molecule has 1 saturated heterocycles. The molecule has 5 rings (SSSR count). The Kier molecular flexibility index (Phi) is 6.29. The summed E-state index contributed by atoms with van der Waals surface area (Å²) in [6.45, 7) is 7.91. The quantitative estimate of drug-likeness (QED) is 0.198. The summed E-state index contributed by atoms with van der Waals surface area (Å²) in [5.41, 5.74) is 4.33. The first kappa shape index (κ1) is 24.6. The van der Waals surface area contributed by atoms with E-state index in [0.29, 0.717) is 33.6 Å². The molecule has 0 saturated carbocycles. The van der Waals surface area contributed by atoms with E-state index in [1.54, 1.807) is 43.6 Å². The van der Waals surface area contributed by atoms with E-state index in [2.05, 4.69) is 24.9 Å². The predicted molar refractivity (Wildman–Crippen MR) is 145 cm³/mol. The smallest absolute Gasteiger partial charge is 0.301 e. The van der Waals surface area contributed by atoms with Gasteiger partial charge in [-0.1, -0.05) is 37.3 Å². The van der Waals surface area contributed by atoms with E-state index in [0.717, 1.165) is 21.3 Å². The Morgan fingerprint density at radius 3 is 2.54 bits per heavy atom. The van der Waals surface area contributed by atoms with Gasteiger partial charge in [-0.15, -0.1) is 0 Å². The molecule has 1 aliphatic heterocycles. The molecular weight excluding hydrogens is 486 g/mol. The number of carbonyl (C=O) groups is 2. The number of fused-ring (bicyclic) bond motifs is 1. The molecule has 0 aliphatic carbocycles. The summed E-state index contributed by atoms with van der Waals surface area (Å²) in [6.07, 6.45) is 1.60. The van der Waals surface area contributed by atoms with Crippen LogP contribution in [0.2, 0.25) is 0 Å². The Hall–Kier alpha value is -4.04. The molecule has 1 atom stereocenters. The van der Waals surface area contributed by atoms with Gasteiger partial charge in [0.2, 0.25) is 0 Å². The van der Waals surface area contributed by atoms with Crippen LogP contribution in [0.5, 0.6) is 5.75 Å². The van der Waals surface area contributed by atoms with Gasteiger partial charge in [-0.3, -0.25) is 19.5 Å². The van der Waals surface area contributed by atoms with E-state index in [-0.39, 0.29) is 11.3 Å². The number of aliphatic hydroxyl groups is 1. The normalized spacial score (nSPS) is 17.2. The van der Waals surface area contributed by atoms with Gasteiger partial charge < -0.3 is 9.84 Å². The van der Waals surface area contributed by atoms with E-state index < -0.39 is 17.7 Å². The van der Waals surface area contributed by atoms with Crippen LogP contribution >= 0.6 is 11.3 Å². The van der Waals surface area contributed by atoms with Crippen molar-refractivity contribution in [1.82, 2.24) is 9.97 Å². The number of anilines is 1. The minimum atomic E-state index is -0.923. The van der Waals surface area contributed by atoms with Crippen molar-refractivity contribution >= 4 is 44.1 Å². The number of ether oxygens (including phenoxy) is 1. The van der Waals surface area contributed by atoms with Gasteiger partial charge in [-0.25, -0.2) is 4.98 Å². The van der Waals surface area contributed by atoms with Crippen molar-refractivity contribution in [2.45, 2.75) is 39.7 Å². The number of thiazole rings is 1. The Labute approximate surface area is 219 Å². The molecule has 0 spiro atoms. The maximum atomic E-state index is 13.5. The minimum Gasteiger partial charge on any atom is -0.507 e. The Morgan fingerprint density at radius 2 is 1.86 bits per heavy atom. The van der Waals surface area contributed by atoms with Gasteiger partial charge in [0.1, 0.15) is 17.6 Å². The second-order valence-corrected chi connectivity index (χ2v) is 10.4. The number of ketones is 1. The number of methoxy groups -OCH3 is 1. The van der Waals surface area contributed by atoms with E-state index in [1.807, 2.05) is 26.0 Å².